The van der Waals surface area contributed by atoms with Gasteiger partial charge in [-0.1, -0.05) is 30.3 Å². The molecule has 1 amide bonds. The van der Waals surface area contributed by atoms with E-state index in [1.165, 1.54) is 18.2 Å². The molecule has 2 aromatic carbocycles. The lowest BCUT2D eigenvalue weighted by atomic mass is 10.1. The quantitative estimate of drug-likeness (QED) is 0.689. The molecule has 2 heterocycles. The van der Waals surface area contributed by atoms with Crippen molar-refractivity contribution >= 4 is 16.9 Å². The van der Waals surface area contributed by atoms with E-state index in [9.17, 15) is 19.8 Å². The first kappa shape index (κ1) is 19.0. The number of carbonyl (C=O) groups excluding carboxylic acids is 1. The summed E-state index contributed by atoms with van der Waals surface area (Å²) >= 11 is 0. The van der Waals surface area contributed by atoms with Crippen LogP contribution in [0.3, 0.4) is 0 Å². The molecule has 1 aliphatic heterocycles. The van der Waals surface area contributed by atoms with Gasteiger partial charge in [0.25, 0.3) is 5.91 Å². The Morgan fingerprint density at radius 2 is 2.00 bits per heavy atom. The van der Waals surface area contributed by atoms with Gasteiger partial charge in [-0.3, -0.25) is 9.59 Å². The fourth-order valence-electron chi connectivity index (χ4n) is 3.65. The van der Waals surface area contributed by atoms with Gasteiger partial charge in [-0.2, -0.15) is 0 Å². The molecule has 0 spiro atoms. The number of likely N-dealkylation sites (tertiary alicyclic amines) is 1. The molecule has 0 bridgehead atoms. The van der Waals surface area contributed by atoms with Crippen LogP contribution >= 0.6 is 0 Å². The number of ether oxygens (including phenoxy) is 1. The van der Waals surface area contributed by atoms with Crippen molar-refractivity contribution in [2.75, 3.05) is 19.8 Å². The molecule has 0 saturated carbocycles. The van der Waals surface area contributed by atoms with Gasteiger partial charge in [-0.15, -0.1) is 0 Å². The van der Waals surface area contributed by atoms with E-state index in [-0.39, 0.29) is 53.1 Å². The van der Waals surface area contributed by atoms with Gasteiger partial charge in [0.1, 0.15) is 28.2 Å². The second-order valence-electron chi connectivity index (χ2n) is 7.01. The Kier molecular flexibility index (Phi) is 5.22. The molecule has 0 aliphatic carbocycles. The first-order chi connectivity index (χ1) is 14.1. The zero-order valence-electron chi connectivity index (χ0n) is 15.7. The Labute approximate surface area is 166 Å². The van der Waals surface area contributed by atoms with Crippen LogP contribution in [0.1, 0.15) is 12.8 Å². The summed E-state index contributed by atoms with van der Waals surface area (Å²) in [4.78, 5) is 26.5. The fraction of sp³-hybridized carbons (Fsp3) is 0.273. The van der Waals surface area contributed by atoms with Gasteiger partial charge < -0.3 is 24.3 Å². The molecule has 1 saturated heterocycles. The molecular formula is C22H21NO6. The van der Waals surface area contributed by atoms with Crippen molar-refractivity contribution in [3.8, 4) is 22.8 Å². The van der Waals surface area contributed by atoms with E-state index in [4.69, 9.17) is 9.15 Å². The van der Waals surface area contributed by atoms with Crippen LogP contribution in [0, 0.1) is 0 Å². The number of fused-ring (bicyclic) bond motifs is 1. The number of aliphatic hydroxyl groups excluding tert-OH is 1. The number of aromatic hydroxyl groups is 1. The topological polar surface area (TPSA) is 100 Å². The molecule has 3 aromatic rings. The number of aliphatic hydroxyl groups is 1. The highest BCUT2D eigenvalue weighted by Gasteiger charge is 2.28. The van der Waals surface area contributed by atoms with Crippen LogP contribution < -0.4 is 10.2 Å². The van der Waals surface area contributed by atoms with Crippen molar-refractivity contribution in [1.29, 1.82) is 0 Å². The Balaban J connectivity index is 1.61. The Bertz CT molecular complexity index is 1090. The van der Waals surface area contributed by atoms with Crippen LogP contribution in [0.15, 0.2) is 57.7 Å². The van der Waals surface area contributed by atoms with Crippen molar-refractivity contribution in [2.24, 2.45) is 0 Å². The molecule has 1 fully saturated rings. The van der Waals surface area contributed by atoms with Gasteiger partial charge in [-0.25, -0.2) is 0 Å². The van der Waals surface area contributed by atoms with E-state index in [1.54, 1.807) is 4.90 Å². The van der Waals surface area contributed by atoms with Crippen molar-refractivity contribution in [1.82, 2.24) is 4.90 Å². The fourth-order valence-corrected chi connectivity index (χ4v) is 3.65. The molecule has 7 nitrogen and oxygen atoms in total. The number of phenols is 1. The summed E-state index contributed by atoms with van der Waals surface area (Å²) in [6, 6.07) is 13.1. The third-order valence-corrected chi connectivity index (χ3v) is 5.11. The first-order valence-corrected chi connectivity index (χ1v) is 9.46. The van der Waals surface area contributed by atoms with Crippen LogP contribution in [0.5, 0.6) is 11.5 Å². The second kappa shape index (κ2) is 7.97. The molecule has 2 N–H and O–H groups in total. The zero-order chi connectivity index (χ0) is 20.4. The molecule has 1 atom stereocenters. The molecule has 29 heavy (non-hydrogen) atoms. The van der Waals surface area contributed by atoms with Crippen molar-refractivity contribution in [2.45, 2.75) is 18.9 Å². The second-order valence-corrected chi connectivity index (χ2v) is 7.01. The molecule has 1 unspecified atom stereocenters. The number of nitrogens with zero attached hydrogens (tertiary/aromatic N) is 1. The van der Waals surface area contributed by atoms with Gasteiger partial charge in [0.05, 0.1) is 12.6 Å². The van der Waals surface area contributed by atoms with E-state index < -0.39 is 0 Å². The molecule has 7 heteroatoms. The number of phenolic OH excluding ortho intramolecular Hbond substituents is 1. The van der Waals surface area contributed by atoms with Crippen molar-refractivity contribution in [3.63, 3.8) is 0 Å². The van der Waals surface area contributed by atoms with Crippen molar-refractivity contribution < 1.29 is 24.2 Å². The highest BCUT2D eigenvalue weighted by atomic mass is 16.5. The van der Waals surface area contributed by atoms with E-state index in [0.717, 1.165) is 18.4 Å². The predicted octanol–water partition coefficient (Wildman–Crippen LogP) is 2.53. The molecule has 0 radical (unpaired) electrons. The first-order valence-electron chi connectivity index (χ1n) is 9.46. The summed E-state index contributed by atoms with van der Waals surface area (Å²) in [5.41, 5.74) is 0.540. The highest BCUT2D eigenvalue weighted by molar-refractivity contribution is 5.86. The maximum absolute atomic E-state index is 12.5. The number of carbonyl (C=O) groups is 1. The van der Waals surface area contributed by atoms with Gasteiger partial charge in [0.2, 0.25) is 0 Å². The number of hydrogen-bond donors (Lipinski definition) is 2. The number of rotatable bonds is 5. The number of hydrogen-bond acceptors (Lipinski definition) is 6. The summed E-state index contributed by atoms with van der Waals surface area (Å²) in [6.07, 6.45) is 1.62. The third kappa shape index (κ3) is 3.82. The van der Waals surface area contributed by atoms with Crippen LogP contribution in [-0.4, -0.2) is 46.8 Å². The molecule has 150 valence electrons. The number of amides is 1. The minimum Gasteiger partial charge on any atom is -0.507 e. The predicted molar refractivity (Wildman–Crippen MR) is 107 cm³/mol. The smallest absolute Gasteiger partial charge is 0.260 e. The highest BCUT2D eigenvalue weighted by Crippen LogP contribution is 2.31. The van der Waals surface area contributed by atoms with Crippen LogP contribution in [0.25, 0.3) is 22.3 Å². The Morgan fingerprint density at radius 3 is 2.76 bits per heavy atom. The van der Waals surface area contributed by atoms with Gasteiger partial charge in [-0.05, 0) is 12.8 Å². The largest absolute Gasteiger partial charge is 0.507 e. The van der Waals surface area contributed by atoms with E-state index in [2.05, 4.69) is 0 Å². The summed E-state index contributed by atoms with van der Waals surface area (Å²) in [5.74, 6) is 0.0865. The zero-order valence-corrected chi connectivity index (χ0v) is 15.7. The van der Waals surface area contributed by atoms with Crippen LogP contribution in [-0.2, 0) is 4.79 Å². The van der Waals surface area contributed by atoms with E-state index >= 15 is 0 Å². The maximum Gasteiger partial charge on any atom is 0.260 e. The minimum absolute atomic E-state index is 0.0586. The minimum atomic E-state index is -0.368. The average molecular weight is 395 g/mol. The maximum atomic E-state index is 12.5. The van der Waals surface area contributed by atoms with Crippen LogP contribution in [0.4, 0.5) is 0 Å². The summed E-state index contributed by atoms with van der Waals surface area (Å²) < 4.78 is 11.4. The molecule has 1 aromatic heterocycles. The lowest BCUT2D eigenvalue weighted by Gasteiger charge is -2.23. The molecule has 1 aliphatic rings. The van der Waals surface area contributed by atoms with Gasteiger partial charge >= 0.3 is 0 Å². The monoisotopic (exact) mass is 395 g/mol. The van der Waals surface area contributed by atoms with Gasteiger partial charge in [0.15, 0.2) is 12.0 Å². The summed E-state index contributed by atoms with van der Waals surface area (Å²) in [7, 11) is 0. The average Bonchev–Trinajstić information content (AvgIpc) is 3.21. The Morgan fingerprint density at radius 1 is 1.21 bits per heavy atom. The molecule has 4 rings (SSSR count). The van der Waals surface area contributed by atoms with E-state index in [1.807, 2.05) is 30.3 Å². The van der Waals surface area contributed by atoms with E-state index in [0.29, 0.717) is 12.3 Å². The summed E-state index contributed by atoms with van der Waals surface area (Å²) in [6.45, 7) is 0.283. The summed E-state index contributed by atoms with van der Waals surface area (Å²) in [5, 5.41) is 19.7. The third-order valence-electron chi connectivity index (χ3n) is 5.11. The SMILES string of the molecule is O=C(COc1cc(O)c2c(=O)cc(-c3ccccc3)oc2c1)N1CCCC1CO. The van der Waals surface area contributed by atoms with Crippen LogP contribution in [0.2, 0.25) is 0 Å². The lowest BCUT2D eigenvalue weighted by Crippen LogP contribution is -2.40. The normalized spacial score (nSPS) is 16.3. The Hall–Kier alpha value is -3.32. The standard InChI is InChI=1S/C22H21NO6/c24-12-15-7-4-8-23(15)21(27)13-28-16-9-17(25)22-18(26)11-19(29-20(22)10-16)14-5-2-1-3-6-14/h1-3,5-6,9-11,15,24-25H,4,7-8,12-13H2. The number of benzene rings is 2. The van der Waals surface area contributed by atoms with Crippen molar-refractivity contribution in [3.05, 3.63) is 58.8 Å². The molecular weight excluding hydrogens is 374 g/mol. The van der Waals surface area contributed by atoms with Gasteiger partial charge in [0, 0.05) is 30.3 Å². The lowest BCUT2D eigenvalue weighted by molar-refractivity contribution is -0.134.